The molecule has 6 heteroatoms. The molecule has 0 aromatic heterocycles. The van der Waals surface area contributed by atoms with Gasteiger partial charge in [0.05, 0.1) is 7.11 Å². The Bertz CT molecular complexity index is 514. The quantitative estimate of drug-likeness (QED) is 0.560. The van der Waals surface area contributed by atoms with Crippen molar-refractivity contribution in [1.29, 1.82) is 0 Å². The van der Waals surface area contributed by atoms with E-state index in [9.17, 15) is 9.59 Å². The maximum Gasteiger partial charge on any atom is 0.223 e. The zero-order valence-electron chi connectivity index (χ0n) is 13.7. The molecule has 0 saturated carbocycles. The maximum absolute atomic E-state index is 12.1. The summed E-state index contributed by atoms with van der Waals surface area (Å²) in [5, 5.41) is 3.31. The van der Waals surface area contributed by atoms with E-state index in [-0.39, 0.29) is 5.91 Å². The second-order valence-electron chi connectivity index (χ2n) is 5.62. The van der Waals surface area contributed by atoms with Crippen LogP contribution in [-0.4, -0.2) is 68.5 Å². The van der Waals surface area contributed by atoms with Gasteiger partial charge in [0.2, 0.25) is 12.3 Å². The molecule has 2 amide bonds. The summed E-state index contributed by atoms with van der Waals surface area (Å²) in [6.45, 7) is 4.07. The van der Waals surface area contributed by atoms with Crippen LogP contribution in [0.5, 0.6) is 5.75 Å². The highest BCUT2D eigenvalue weighted by molar-refractivity contribution is 5.76. The summed E-state index contributed by atoms with van der Waals surface area (Å²) in [6, 6.07) is 8.01. The largest absolute Gasteiger partial charge is 0.497 e. The SMILES string of the molecule is COc1cccc(CCNCCC(=O)N2CCN(C=O)CC2)c1. The second-order valence-corrected chi connectivity index (χ2v) is 5.62. The predicted octanol–water partition coefficient (Wildman–Crippen LogP) is 0.518. The first-order valence-electron chi connectivity index (χ1n) is 8.03. The average Bonchev–Trinajstić information content (AvgIpc) is 2.61. The smallest absolute Gasteiger partial charge is 0.223 e. The maximum atomic E-state index is 12.1. The Labute approximate surface area is 137 Å². The molecule has 1 aliphatic heterocycles. The van der Waals surface area contributed by atoms with E-state index in [1.54, 1.807) is 12.0 Å². The predicted molar refractivity (Wildman–Crippen MR) is 88.4 cm³/mol. The third kappa shape index (κ3) is 5.56. The van der Waals surface area contributed by atoms with Crippen LogP contribution in [0, 0.1) is 0 Å². The van der Waals surface area contributed by atoms with Crippen LogP contribution in [0.15, 0.2) is 24.3 Å². The zero-order valence-corrected chi connectivity index (χ0v) is 13.7. The van der Waals surface area contributed by atoms with Crippen molar-refractivity contribution in [2.24, 2.45) is 0 Å². The lowest BCUT2D eigenvalue weighted by molar-refractivity contribution is -0.135. The van der Waals surface area contributed by atoms with Crippen LogP contribution < -0.4 is 10.1 Å². The molecular formula is C17H25N3O3. The van der Waals surface area contributed by atoms with Gasteiger partial charge in [-0.1, -0.05) is 12.1 Å². The van der Waals surface area contributed by atoms with Crippen molar-refractivity contribution in [1.82, 2.24) is 15.1 Å². The summed E-state index contributed by atoms with van der Waals surface area (Å²) in [5.41, 5.74) is 1.22. The van der Waals surface area contributed by atoms with Gasteiger partial charge in [0, 0.05) is 39.1 Å². The molecular weight excluding hydrogens is 294 g/mol. The Morgan fingerprint density at radius 1 is 1.26 bits per heavy atom. The minimum absolute atomic E-state index is 0.157. The van der Waals surface area contributed by atoms with Gasteiger partial charge in [-0.2, -0.15) is 0 Å². The number of amides is 2. The van der Waals surface area contributed by atoms with Crippen LogP contribution in [0.1, 0.15) is 12.0 Å². The molecule has 1 saturated heterocycles. The molecule has 1 N–H and O–H groups in total. The summed E-state index contributed by atoms with van der Waals surface area (Å²) in [6.07, 6.45) is 2.25. The highest BCUT2D eigenvalue weighted by Crippen LogP contribution is 2.12. The van der Waals surface area contributed by atoms with Gasteiger partial charge in [0.1, 0.15) is 5.75 Å². The summed E-state index contributed by atoms with van der Waals surface area (Å²) in [4.78, 5) is 26.3. The molecule has 1 fully saturated rings. The molecule has 0 radical (unpaired) electrons. The van der Waals surface area contributed by atoms with Gasteiger partial charge in [-0.05, 0) is 30.7 Å². The molecule has 2 rings (SSSR count). The van der Waals surface area contributed by atoms with E-state index in [0.717, 1.165) is 25.1 Å². The van der Waals surface area contributed by atoms with E-state index in [1.807, 2.05) is 23.1 Å². The molecule has 1 aromatic rings. The van der Waals surface area contributed by atoms with E-state index in [4.69, 9.17) is 4.74 Å². The lowest BCUT2D eigenvalue weighted by Gasteiger charge is -2.32. The fraction of sp³-hybridized carbons (Fsp3) is 0.529. The van der Waals surface area contributed by atoms with E-state index in [2.05, 4.69) is 11.4 Å². The molecule has 0 spiro atoms. The number of rotatable bonds is 8. The highest BCUT2D eigenvalue weighted by Gasteiger charge is 2.19. The van der Waals surface area contributed by atoms with Gasteiger partial charge in [0.15, 0.2) is 0 Å². The van der Waals surface area contributed by atoms with Crippen molar-refractivity contribution in [2.75, 3.05) is 46.4 Å². The highest BCUT2D eigenvalue weighted by atomic mass is 16.5. The number of piperazine rings is 1. The number of methoxy groups -OCH3 is 1. The zero-order chi connectivity index (χ0) is 16.5. The molecule has 0 unspecified atom stereocenters. The number of ether oxygens (including phenoxy) is 1. The van der Waals surface area contributed by atoms with Crippen molar-refractivity contribution in [2.45, 2.75) is 12.8 Å². The van der Waals surface area contributed by atoms with Gasteiger partial charge in [-0.15, -0.1) is 0 Å². The summed E-state index contributed by atoms with van der Waals surface area (Å²) >= 11 is 0. The molecule has 6 nitrogen and oxygen atoms in total. The summed E-state index contributed by atoms with van der Waals surface area (Å²) in [7, 11) is 1.66. The van der Waals surface area contributed by atoms with Crippen LogP contribution in [0.4, 0.5) is 0 Å². The number of nitrogens with zero attached hydrogens (tertiary/aromatic N) is 2. The van der Waals surface area contributed by atoms with Crippen molar-refractivity contribution < 1.29 is 14.3 Å². The minimum atomic E-state index is 0.157. The number of nitrogens with one attached hydrogen (secondary N) is 1. The first-order chi connectivity index (χ1) is 11.2. The van der Waals surface area contributed by atoms with Gasteiger partial charge < -0.3 is 19.9 Å². The summed E-state index contributed by atoms with van der Waals surface area (Å²) < 4.78 is 5.20. The average molecular weight is 319 g/mol. The topological polar surface area (TPSA) is 61.9 Å². The van der Waals surface area contributed by atoms with Gasteiger partial charge >= 0.3 is 0 Å². The molecule has 0 bridgehead atoms. The number of carbonyl (C=O) groups is 2. The van der Waals surface area contributed by atoms with Crippen molar-refractivity contribution in [3.8, 4) is 5.75 Å². The number of carbonyl (C=O) groups excluding carboxylic acids is 2. The number of benzene rings is 1. The van der Waals surface area contributed by atoms with Gasteiger partial charge in [-0.3, -0.25) is 9.59 Å². The van der Waals surface area contributed by atoms with Crippen molar-refractivity contribution in [3.05, 3.63) is 29.8 Å². The fourth-order valence-corrected chi connectivity index (χ4v) is 2.62. The van der Waals surface area contributed by atoms with Crippen LogP contribution in [0.3, 0.4) is 0 Å². The van der Waals surface area contributed by atoms with Gasteiger partial charge in [0.25, 0.3) is 0 Å². The van der Waals surface area contributed by atoms with Crippen LogP contribution in [-0.2, 0) is 16.0 Å². The van der Waals surface area contributed by atoms with Crippen LogP contribution >= 0.6 is 0 Å². The molecule has 0 atom stereocenters. The van der Waals surface area contributed by atoms with Gasteiger partial charge in [-0.25, -0.2) is 0 Å². The summed E-state index contributed by atoms with van der Waals surface area (Å²) in [5.74, 6) is 1.02. The number of hydrogen-bond donors (Lipinski definition) is 1. The van der Waals surface area contributed by atoms with Crippen molar-refractivity contribution in [3.63, 3.8) is 0 Å². The lowest BCUT2D eigenvalue weighted by atomic mass is 10.1. The third-order valence-electron chi connectivity index (χ3n) is 4.06. The lowest BCUT2D eigenvalue weighted by Crippen LogP contribution is -2.48. The monoisotopic (exact) mass is 319 g/mol. The molecule has 1 heterocycles. The number of hydrogen-bond acceptors (Lipinski definition) is 4. The molecule has 126 valence electrons. The fourth-order valence-electron chi connectivity index (χ4n) is 2.62. The Hall–Kier alpha value is -2.08. The standard InChI is InChI=1S/C17H25N3O3/c1-23-16-4-2-3-15(13-16)5-7-18-8-6-17(22)20-11-9-19(14-21)10-12-20/h2-4,13-14,18H,5-12H2,1H3. The second kappa shape index (κ2) is 9.15. The van der Waals surface area contributed by atoms with E-state index >= 15 is 0 Å². The minimum Gasteiger partial charge on any atom is -0.497 e. The van der Waals surface area contributed by atoms with Crippen LogP contribution in [0.25, 0.3) is 0 Å². The molecule has 1 aromatic carbocycles. The van der Waals surface area contributed by atoms with E-state index in [0.29, 0.717) is 39.1 Å². The first kappa shape index (κ1) is 17.3. The normalized spacial score (nSPS) is 14.7. The Kier molecular flexibility index (Phi) is 6.87. The van der Waals surface area contributed by atoms with E-state index < -0.39 is 0 Å². The Morgan fingerprint density at radius 2 is 2.04 bits per heavy atom. The molecule has 23 heavy (non-hydrogen) atoms. The third-order valence-corrected chi connectivity index (χ3v) is 4.06. The Morgan fingerprint density at radius 3 is 2.74 bits per heavy atom. The molecule has 1 aliphatic rings. The van der Waals surface area contributed by atoms with Crippen LogP contribution in [0.2, 0.25) is 0 Å². The first-order valence-corrected chi connectivity index (χ1v) is 8.03. The van der Waals surface area contributed by atoms with E-state index in [1.165, 1.54) is 5.56 Å². The van der Waals surface area contributed by atoms with Crippen molar-refractivity contribution >= 4 is 12.3 Å². The molecule has 0 aliphatic carbocycles. The Balaban J connectivity index is 1.60.